The van der Waals surface area contributed by atoms with E-state index in [1.165, 1.54) is 49.6 Å². The zero-order valence-corrected chi connectivity index (χ0v) is 19.7. The fraction of sp³-hybridized carbons (Fsp3) is 0.0800. The number of ether oxygens (including phenoxy) is 2. The highest BCUT2D eigenvalue weighted by Gasteiger charge is 2.37. The predicted octanol–water partition coefficient (Wildman–Crippen LogP) is 3.76. The zero-order valence-electron chi connectivity index (χ0n) is 19.7. The van der Waals surface area contributed by atoms with Crippen LogP contribution in [0.3, 0.4) is 0 Å². The van der Waals surface area contributed by atoms with E-state index in [1.807, 2.05) is 0 Å². The highest BCUT2D eigenvalue weighted by molar-refractivity contribution is 6.39. The van der Waals surface area contributed by atoms with Gasteiger partial charge in [-0.3, -0.25) is 35.1 Å². The lowest BCUT2D eigenvalue weighted by Gasteiger charge is -2.26. The van der Waals surface area contributed by atoms with Gasteiger partial charge in [0, 0.05) is 24.3 Å². The number of urea groups is 1. The first-order chi connectivity index (χ1) is 18.2. The SMILES string of the molecule is COc1cc(/C=C2\C(=O)NC(=O)N(c3cccc([N+](=O)[O-])c3)C2=O)ccc1OCc1ccc([N+](=O)[O-])cc1. The lowest BCUT2D eigenvalue weighted by atomic mass is 10.1. The molecule has 4 amide bonds. The van der Waals surface area contributed by atoms with Crippen molar-refractivity contribution < 1.29 is 33.7 Å². The van der Waals surface area contributed by atoms with Crippen LogP contribution < -0.4 is 19.7 Å². The van der Waals surface area contributed by atoms with Crippen molar-refractivity contribution in [1.29, 1.82) is 0 Å². The van der Waals surface area contributed by atoms with E-state index in [0.29, 0.717) is 21.8 Å². The number of hydrogen-bond acceptors (Lipinski definition) is 9. The molecule has 13 nitrogen and oxygen atoms in total. The van der Waals surface area contributed by atoms with Crippen LogP contribution in [0.2, 0.25) is 0 Å². The number of imide groups is 2. The van der Waals surface area contributed by atoms with Crippen LogP contribution >= 0.6 is 0 Å². The Morgan fingerprint density at radius 3 is 2.26 bits per heavy atom. The standard InChI is InChI=1S/C25H18N4O9/c1-37-22-12-16(7-10-21(22)38-14-15-5-8-17(9-6-15)28(33)34)11-20-23(30)26-25(32)27(24(20)31)18-3-2-4-19(13-18)29(35)36/h2-13H,14H2,1H3,(H,26,30,32)/b20-11+. The number of rotatable bonds is 8. The first-order valence-corrected chi connectivity index (χ1v) is 10.9. The maximum Gasteiger partial charge on any atom is 0.335 e. The zero-order chi connectivity index (χ0) is 27.4. The van der Waals surface area contributed by atoms with Gasteiger partial charge in [-0.25, -0.2) is 9.69 Å². The average molecular weight is 518 g/mol. The molecule has 0 saturated carbocycles. The molecule has 13 heteroatoms. The summed E-state index contributed by atoms with van der Waals surface area (Å²) >= 11 is 0. The minimum Gasteiger partial charge on any atom is -0.493 e. The molecule has 3 aromatic carbocycles. The molecule has 0 aliphatic carbocycles. The highest BCUT2D eigenvalue weighted by Crippen LogP contribution is 2.31. The van der Waals surface area contributed by atoms with Gasteiger partial charge < -0.3 is 9.47 Å². The normalized spacial score (nSPS) is 14.3. The third-order valence-corrected chi connectivity index (χ3v) is 5.44. The molecule has 0 spiro atoms. The Balaban J connectivity index is 1.57. The summed E-state index contributed by atoms with van der Waals surface area (Å²) in [6.45, 7) is 0.0932. The Morgan fingerprint density at radius 2 is 1.61 bits per heavy atom. The lowest BCUT2D eigenvalue weighted by Crippen LogP contribution is -2.54. The number of amides is 4. The van der Waals surface area contributed by atoms with E-state index >= 15 is 0 Å². The number of methoxy groups -OCH3 is 1. The van der Waals surface area contributed by atoms with Gasteiger partial charge >= 0.3 is 6.03 Å². The highest BCUT2D eigenvalue weighted by atomic mass is 16.6. The molecule has 0 radical (unpaired) electrons. The van der Waals surface area contributed by atoms with Crippen molar-refractivity contribution in [2.45, 2.75) is 6.61 Å². The Kier molecular flexibility index (Phi) is 7.10. The summed E-state index contributed by atoms with van der Waals surface area (Å²) in [5, 5.41) is 24.0. The van der Waals surface area contributed by atoms with E-state index < -0.39 is 27.7 Å². The van der Waals surface area contributed by atoms with E-state index in [9.17, 15) is 34.6 Å². The minimum atomic E-state index is -1.04. The quantitative estimate of drug-likeness (QED) is 0.202. The van der Waals surface area contributed by atoms with Crippen molar-refractivity contribution >= 4 is 41.0 Å². The van der Waals surface area contributed by atoms with Crippen molar-refractivity contribution in [2.24, 2.45) is 0 Å². The molecule has 192 valence electrons. The van der Waals surface area contributed by atoms with Crippen molar-refractivity contribution in [2.75, 3.05) is 12.0 Å². The van der Waals surface area contributed by atoms with Gasteiger partial charge in [-0.15, -0.1) is 0 Å². The summed E-state index contributed by atoms with van der Waals surface area (Å²) in [4.78, 5) is 59.3. The molecule has 1 heterocycles. The van der Waals surface area contributed by atoms with Gasteiger partial charge in [0.15, 0.2) is 11.5 Å². The molecule has 0 bridgehead atoms. The van der Waals surface area contributed by atoms with Crippen LogP contribution in [0.15, 0.2) is 72.3 Å². The number of nitro groups is 2. The average Bonchev–Trinajstić information content (AvgIpc) is 2.90. The molecular formula is C25H18N4O9. The van der Waals surface area contributed by atoms with Crippen LogP contribution in [0, 0.1) is 20.2 Å². The Bertz CT molecular complexity index is 1500. The number of barbiturate groups is 1. The number of nitrogens with one attached hydrogen (secondary N) is 1. The fourth-order valence-electron chi connectivity index (χ4n) is 3.57. The Morgan fingerprint density at radius 1 is 0.895 bits per heavy atom. The second-order valence-electron chi connectivity index (χ2n) is 7.86. The molecule has 0 unspecified atom stereocenters. The summed E-state index contributed by atoms with van der Waals surface area (Å²) in [5.41, 5.74) is 0.219. The summed E-state index contributed by atoms with van der Waals surface area (Å²) in [6, 6.07) is 14.3. The van der Waals surface area contributed by atoms with Crippen molar-refractivity contribution in [1.82, 2.24) is 5.32 Å². The second-order valence-corrected chi connectivity index (χ2v) is 7.86. The number of benzene rings is 3. The summed E-state index contributed by atoms with van der Waals surface area (Å²) < 4.78 is 11.1. The van der Waals surface area contributed by atoms with E-state index in [0.717, 1.165) is 6.07 Å². The van der Waals surface area contributed by atoms with Crippen LogP contribution in [0.25, 0.3) is 6.08 Å². The Labute approximate surface area is 214 Å². The van der Waals surface area contributed by atoms with Crippen LogP contribution in [0.4, 0.5) is 21.9 Å². The van der Waals surface area contributed by atoms with E-state index in [1.54, 1.807) is 24.3 Å². The number of nitrogens with zero attached hydrogens (tertiary/aromatic N) is 3. The van der Waals surface area contributed by atoms with E-state index in [2.05, 4.69) is 5.32 Å². The molecule has 0 aromatic heterocycles. The van der Waals surface area contributed by atoms with Crippen LogP contribution in [0.1, 0.15) is 11.1 Å². The van der Waals surface area contributed by atoms with E-state index in [4.69, 9.17) is 9.47 Å². The van der Waals surface area contributed by atoms with Crippen LogP contribution in [-0.4, -0.2) is 34.8 Å². The van der Waals surface area contributed by atoms with Gasteiger partial charge in [0.25, 0.3) is 23.2 Å². The number of carbonyl (C=O) groups is 3. The summed E-state index contributed by atoms with van der Waals surface area (Å²) in [5.74, 6) is -1.28. The largest absolute Gasteiger partial charge is 0.493 e. The number of anilines is 1. The monoisotopic (exact) mass is 518 g/mol. The molecule has 38 heavy (non-hydrogen) atoms. The third kappa shape index (κ3) is 5.31. The number of carbonyl (C=O) groups excluding carboxylic acids is 3. The lowest BCUT2D eigenvalue weighted by molar-refractivity contribution is -0.385. The summed E-state index contributed by atoms with van der Waals surface area (Å²) in [6.07, 6.45) is 1.25. The topological polar surface area (TPSA) is 171 Å². The molecule has 1 saturated heterocycles. The minimum absolute atomic E-state index is 0.0456. The first kappa shape index (κ1) is 25.5. The van der Waals surface area contributed by atoms with Crippen molar-refractivity contribution in [3.63, 3.8) is 0 Å². The van der Waals surface area contributed by atoms with Crippen molar-refractivity contribution in [3.8, 4) is 11.5 Å². The molecule has 3 aromatic rings. The first-order valence-electron chi connectivity index (χ1n) is 10.9. The van der Waals surface area contributed by atoms with Gasteiger partial charge in [0.2, 0.25) is 0 Å². The fourth-order valence-corrected chi connectivity index (χ4v) is 3.57. The van der Waals surface area contributed by atoms with Gasteiger partial charge in [-0.05, 0) is 47.5 Å². The molecule has 1 aliphatic rings. The van der Waals surface area contributed by atoms with Crippen molar-refractivity contribution in [3.05, 3.63) is 104 Å². The molecular weight excluding hydrogens is 500 g/mol. The predicted molar refractivity (Wildman–Crippen MR) is 133 cm³/mol. The number of nitro benzene ring substituents is 2. The smallest absolute Gasteiger partial charge is 0.335 e. The van der Waals surface area contributed by atoms with Gasteiger partial charge in [-0.1, -0.05) is 12.1 Å². The van der Waals surface area contributed by atoms with Crippen LogP contribution in [0.5, 0.6) is 11.5 Å². The van der Waals surface area contributed by atoms with Crippen LogP contribution in [-0.2, 0) is 16.2 Å². The molecule has 1 fully saturated rings. The number of non-ortho nitro benzene ring substituents is 2. The van der Waals surface area contributed by atoms with Gasteiger partial charge in [0.05, 0.1) is 22.6 Å². The second kappa shape index (κ2) is 10.6. The number of hydrogen-bond donors (Lipinski definition) is 1. The molecule has 1 N–H and O–H groups in total. The van der Waals surface area contributed by atoms with Gasteiger partial charge in [-0.2, -0.15) is 0 Å². The molecule has 4 rings (SSSR count). The molecule has 0 atom stereocenters. The summed E-state index contributed by atoms with van der Waals surface area (Å²) in [7, 11) is 1.40. The van der Waals surface area contributed by atoms with Gasteiger partial charge in [0.1, 0.15) is 12.2 Å². The molecule has 1 aliphatic heterocycles. The third-order valence-electron chi connectivity index (χ3n) is 5.44. The maximum atomic E-state index is 13.1. The van der Waals surface area contributed by atoms with E-state index in [-0.39, 0.29) is 35.0 Å². The Hall–Kier alpha value is -5.59. The maximum absolute atomic E-state index is 13.1.